The molecule has 2 heterocycles. The maximum absolute atomic E-state index is 4.44. The van der Waals surface area contributed by atoms with Crippen LogP contribution in [0.3, 0.4) is 0 Å². The van der Waals surface area contributed by atoms with Crippen LogP contribution in [0.25, 0.3) is 0 Å². The van der Waals surface area contributed by atoms with Crippen LogP contribution in [0.1, 0.15) is 25.7 Å². The lowest BCUT2D eigenvalue weighted by molar-refractivity contribution is 0.306. The average molecular weight is 274 g/mol. The number of nitrogens with zero attached hydrogens (tertiary/aromatic N) is 3. The third kappa shape index (κ3) is 3.70. The Labute approximate surface area is 122 Å². The van der Waals surface area contributed by atoms with Gasteiger partial charge in [-0.05, 0) is 44.9 Å². The second kappa shape index (κ2) is 6.55. The molecule has 0 atom stereocenters. The van der Waals surface area contributed by atoms with Crippen LogP contribution in [-0.4, -0.2) is 55.2 Å². The number of nitrogens with one attached hydrogen (secondary N) is 1. The number of aromatic nitrogens is 1. The van der Waals surface area contributed by atoms with Gasteiger partial charge in [0.1, 0.15) is 5.82 Å². The Morgan fingerprint density at radius 3 is 2.70 bits per heavy atom. The first-order chi connectivity index (χ1) is 9.83. The highest BCUT2D eigenvalue weighted by molar-refractivity contribution is 5.38. The van der Waals surface area contributed by atoms with Gasteiger partial charge in [-0.3, -0.25) is 0 Å². The van der Waals surface area contributed by atoms with E-state index in [4.69, 9.17) is 0 Å². The van der Waals surface area contributed by atoms with Crippen molar-refractivity contribution < 1.29 is 0 Å². The second-order valence-corrected chi connectivity index (χ2v) is 6.12. The highest BCUT2D eigenvalue weighted by atomic mass is 15.2. The molecule has 1 aliphatic heterocycles. The van der Waals surface area contributed by atoms with Crippen LogP contribution in [-0.2, 0) is 0 Å². The van der Waals surface area contributed by atoms with Crippen LogP contribution in [0.4, 0.5) is 5.82 Å². The summed E-state index contributed by atoms with van der Waals surface area (Å²) in [5.41, 5.74) is 0. The quantitative estimate of drug-likeness (QED) is 0.856. The number of likely N-dealkylation sites (N-methyl/N-ethyl adjacent to an activating group) is 1. The fraction of sp³-hybridized carbons (Fsp3) is 0.688. The van der Waals surface area contributed by atoms with Crippen molar-refractivity contribution in [2.45, 2.75) is 37.8 Å². The molecule has 1 aromatic heterocycles. The summed E-state index contributed by atoms with van der Waals surface area (Å²) in [7, 11) is 2.25. The van der Waals surface area contributed by atoms with Gasteiger partial charge >= 0.3 is 0 Å². The molecule has 0 spiro atoms. The van der Waals surface area contributed by atoms with E-state index in [0.29, 0.717) is 6.04 Å². The molecule has 4 nitrogen and oxygen atoms in total. The maximum atomic E-state index is 4.44. The zero-order valence-electron chi connectivity index (χ0n) is 12.5. The van der Waals surface area contributed by atoms with Crippen LogP contribution in [0.5, 0.6) is 0 Å². The van der Waals surface area contributed by atoms with Crippen LogP contribution in [0.2, 0.25) is 0 Å². The number of rotatable bonds is 6. The molecule has 1 saturated carbocycles. The van der Waals surface area contributed by atoms with E-state index in [2.05, 4.69) is 39.3 Å². The smallest absolute Gasteiger partial charge is 0.128 e. The SMILES string of the molecule is CN(CCNC1CCN(c2ccccn2)CC1)C1CC1. The normalized spacial score (nSPS) is 20.6. The first-order valence-electron chi connectivity index (χ1n) is 7.92. The third-order valence-electron chi connectivity index (χ3n) is 4.54. The third-order valence-corrected chi connectivity index (χ3v) is 4.54. The van der Waals surface area contributed by atoms with Gasteiger partial charge in [0.25, 0.3) is 0 Å². The van der Waals surface area contributed by atoms with Crippen molar-refractivity contribution in [2.24, 2.45) is 0 Å². The van der Waals surface area contributed by atoms with E-state index in [0.717, 1.165) is 31.5 Å². The van der Waals surface area contributed by atoms with E-state index in [1.807, 2.05) is 12.3 Å². The van der Waals surface area contributed by atoms with E-state index < -0.39 is 0 Å². The molecule has 3 rings (SSSR count). The predicted octanol–water partition coefficient (Wildman–Crippen LogP) is 1.73. The Morgan fingerprint density at radius 2 is 2.05 bits per heavy atom. The van der Waals surface area contributed by atoms with E-state index in [9.17, 15) is 0 Å². The van der Waals surface area contributed by atoms with Crippen molar-refractivity contribution in [3.05, 3.63) is 24.4 Å². The van der Waals surface area contributed by atoms with Crippen LogP contribution >= 0.6 is 0 Å². The number of hydrogen-bond donors (Lipinski definition) is 1. The molecule has 1 aromatic rings. The highest BCUT2D eigenvalue weighted by Crippen LogP contribution is 2.24. The molecule has 20 heavy (non-hydrogen) atoms. The van der Waals surface area contributed by atoms with Gasteiger partial charge in [0, 0.05) is 44.5 Å². The summed E-state index contributed by atoms with van der Waals surface area (Å²) in [6.07, 6.45) is 7.14. The topological polar surface area (TPSA) is 31.4 Å². The molecule has 0 radical (unpaired) electrons. The molecule has 4 heteroatoms. The van der Waals surface area contributed by atoms with Gasteiger partial charge in [0.15, 0.2) is 0 Å². The number of piperidine rings is 1. The molecule has 0 amide bonds. The minimum Gasteiger partial charge on any atom is -0.357 e. The number of pyridine rings is 1. The van der Waals surface area contributed by atoms with Crippen molar-refractivity contribution in [1.82, 2.24) is 15.2 Å². The standard InChI is InChI=1S/C16H26N4/c1-19(15-5-6-15)13-10-17-14-7-11-20(12-8-14)16-4-2-3-9-18-16/h2-4,9,14-15,17H,5-8,10-13H2,1H3. The zero-order valence-corrected chi connectivity index (χ0v) is 12.5. The molecular formula is C16H26N4. The van der Waals surface area contributed by atoms with Gasteiger partial charge in [-0.15, -0.1) is 0 Å². The molecule has 110 valence electrons. The van der Waals surface area contributed by atoms with Crippen molar-refractivity contribution in [3.63, 3.8) is 0 Å². The number of hydrogen-bond acceptors (Lipinski definition) is 4. The summed E-state index contributed by atoms with van der Waals surface area (Å²) in [6, 6.07) is 7.72. The Morgan fingerprint density at radius 1 is 1.25 bits per heavy atom. The van der Waals surface area contributed by atoms with Gasteiger partial charge in [0.2, 0.25) is 0 Å². The zero-order chi connectivity index (χ0) is 13.8. The molecule has 1 aliphatic carbocycles. The first kappa shape index (κ1) is 13.8. The predicted molar refractivity (Wildman–Crippen MR) is 83.1 cm³/mol. The molecule has 1 N–H and O–H groups in total. The molecule has 1 saturated heterocycles. The monoisotopic (exact) mass is 274 g/mol. The van der Waals surface area contributed by atoms with Crippen molar-refractivity contribution in [1.29, 1.82) is 0 Å². The van der Waals surface area contributed by atoms with Gasteiger partial charge in [-0.25, -0.2) is 4.98 Å². The van der Waals surface area contributed by atoms with E-state index in [1.54, 1.807) is 0 Å². The molecule has 0 unspecified atom stereocenters. The Bertz CT molecular complexity index is 396. The Hall–Kier alpha value is -1.13. The molecule has 2 fully saturated rings. The lowest BCUT2D eigenvalue weighted by Crippen LogP contribution is -2.44. The summed E-state index contributed by atoms with van der Waals surface area (Å²) >= 11 is 0. The fourth-order valence-electron chi connectivity index (χ4n) is 3.00. The van der Waals surface area contributed by atoms with E-state index >= 15 is 0 Å². The van der Waals surface area contributed by atoms with E-state index in [1.165, 1.54) is 32.2 Å². The first-order valence-corrected chi connectivity index (χ1v) is 7.92. The van der Waals surface area contributed by atoms with E-state index in [-0.39, 0.29) is 0 Å². The van der Waals surface area contributed by atoms with Crippen LogP contribution in [0.15, 0.2) is 24.4 Å². The van der Waals surface area contributed by atoms with Crippen molar-refractivity contribution in [2.75, 3.05) is 38.1 Å². The molecule has 0 bridgehead atoms. The average Bonchev–Trinajstić information content (AvgIpc) is 3.33. The lowest BCUT2D eigenvalue weighted by atomic mass is 10.1. The summed E-state index contributed by atoms with van der Waals surface area (Å²) in [4.78, 5) is 9.33. The van der Waals surface area contributed by atoms with Crippen molar-refractivity contribution >= 4 is 5.82 Å². The maximum Gasteiger partial charge on any atom is 0.128 e. The summed E-state index contributed by atoms with van der Waals surface area (Å²) in [5.74, 6) is 1.12. The van der Waals surface area contributed by atoms with Crippen LogP contribution < -0.4 is 10.2 Å². The fourth-order valence-corrected chi connectivity index (χ4v) is 3.00. The summed E-state index contributed by atoms with van der Waals surface area (Å²) in [6.45, 7) is 4.55. The van der Waals surface area contributed by atoms with Gasteiger partial charge in [0.05, 0.1) is 0 Å². The number of anilines is 1. The van der Waals surface area contributed by atoms with Crippen molar-refractivity contribution in [3.8, 4) is 0 Å². The minimum absolute atomic E-state index is 0.683. The minimum atomic E-state index is 0.683. The highest BCUT2D eigenvalue weighted by Gasteiger charge is 2.26. The summed E-state index contributed by atoms with van der Waals surface area (Å²) < 4.78 is 0. The largest absolute Gasteiger partial charge is 0.357 e. The van der Waals surface area contributed by atoms with Gasteiger partial charge in [-0.2, -0.15) is 0 Å². The summed E-state index contributed by atoms with van der Waals surface area (Å²) in [5, 5.41) is 3.72. The molecule has 2 aliphatic rings. The Kier molecular flexibility index (Phi) is 4.53. The Balaban J connectivity index is 1.36. The second-order valence-electron chi connectivity index (χ2n) is 6.12. The van der Waals surface area contributed by atoms with Crippen LogP contribution in [0, 0.1) is 0 Å². The van der Waals surface area contributed by atoms with Gasteiger partial charge in [-0.1, -0.05) is 6.07 Å². The lowest BCUT2D eigenvalue weighted by Gasteiger charge is -2.33. The van der Waals surface area contributed by atoms with Gasteiger partial charge < -0.3 is 15.1 Å². The molecule has 0 aromatic carbocycles. The molecular weight excluding hydrogens is 248 g/mol.